The van der Waals surface area contributed by atoms with Crippen molar-refractivity contribution < 1.29 is 4.79 Å². The third-order valence-electron chi connectivity index (χ3n) is 5.66. The Hall–Kier alpha value is -2.69. The number of hydrogen-bond acceptors (Lipinski definition) is 3. The lowest BCUT2D eigenvalue weighted by Gasteiger charge is -2.27. The minimum absolute atomic E-state index is 0.00464. The molecule has 4 nitrogen and oxygen atoms in total. The summed E-state index contributed by atoms with van der Waals surface area (Å²) >= 11 is 0. The lowest BCUT2D eigenvalue weighted by Crippen LogP contribution is -2.42. The molecule has 0 spiro atoms. The number of piperazine rings is 1. The van der Waals surface area contributed by atoms with Gasteiger partial charge < -0.3 is 10.6 Å². The highest BCUT2D eigenvalue weighted by molar-refractivity contribution is 6.24. The zero-order chi connectivity index (χ0) is 18.2. The smallest absolute Gasteiger partial charge is 0.256 e. The van der Waals surface area contributed by atoms with Gasteiger partial charge in [0.25, 0.3) is 5.91 Å². The standard InChI is InChI=1S/C23H23N3O/c27-23-20-3-1-2-19-18(8-9-21(25-23)22(19)20)14-16-4-6-17(7-5-16)15-26-12-10-24-11-13-26/h1-9,24H,10-15H2,(H,25,27). The number of hydrogen-bond donors (Lipinski definition) is 2. The fourth-order valence-electron chi connectivity index (χ4n) is 4.21. The Balaban J connectivity index is 1.38. The number of carbonyl (C=O) groups is 1. The van der Waals surface area contributed by atoms with Crippen molar-refractivity contribution in [3.63, 3.8) is 0 Å². The normalized spacial score (nSPS) is 16.7. The highest BCUT2D eigenvalue weighted by Crippen LogP contribution is 2.35. The van der Waals surface area contributed by atoms with Crippen LogP contribution in [0.5, 0.6) is 0 Å². The fraction of sp³-hybridized carbons (Fsp3) is 0.261. The monoisotopic (exact) mass is 357 g/mol. The Kier molecular flexibility index (Phi) is 4.15. The summed E-state index contributed by atoms with van der Waals surface area (Å²) in [6, 6.07) is 19.2. The number of benzene rings is 3. The Morgan fingerprint density at radius 1 is 0.889 bits per heavy atom. The molecule has 2 aliphatic heterocycles. The number of nitrogens with zero attached hydrogens (tertiary/aromatic N) is 1. The Bertz CT molecular complexity index is 1000. The summed E-state index contributed by atoms with van der Waals surface area (Å²) < 4.78 is 0. The van der Waals surface area contributed by atoms with Gasteiger partial charge in [-0.05, 0) is 40.6 Å². The lowest BCUT2D eigenvalue weighted by atomic mass is 9.95. The van der Waals surface area contributed by atoms with Crippen molar-refractivity contribution in [3.8, 4) is 0 Å². The largest absolute Gasteiger partial charge is 0.321 e. The van der Waals surface area contributed by atoms with E-state index in [1.54, 1.807) is 0 Å². The number of rotatable bonds is 4. The molecule has 1 fully saturated rings. The van der Waals surface area contributed by atoms with Crippen LogP contribution in [-0.2, 0) is 13.0 Å². The summed E-state index contributed by atoms with van der Waals surface area (Å²) in [4.78, 5) is 14.6. The van der Waals surface area contributed by atoms with Crippen molar-refractivity contribution in [2.24, 2.45) is 0 Å². The minimum atomic E-state index is 0.00464. The van der Waals surface area contributed by atoms with Gasteiger partial charge in [0.05, 0.1) is 0 Å². The third-order valence-corrected chi connectivity index (χ3v) is 5.66. The highest BCUT2D eigenvalue weighted by Gasteiger charge is 2.22. The molecule has 0 bridgehead atoms. The first kappa shape index (κ1) is 16.5. The molecule has 0 saturated carbocycles. The van der Waals surface area contributed by atoms with E-state index in [1.165, 1.54) is 22.1 Å². The zero-order valence-electron chi connectivity index (χ0n) is 15.3. The molecule has 1 amide bonds. The maximum Gasteiger partial charge on any atom is 0.256 e. The minimum Gasteiger partial charge on any atom is -0.321 e. The van der Waals surface area contributed by atoms with Crippen LogP contribution in [0.15, 0.2) is 54.6 Å². The number of nitrogens with one attached hydrogen (secondary N) is 2. The highest BCUT2D eigenvalue weighted by atomic mass is 16.1. The van der Waals surface area contributed by atoms with Gasteiger partial charge in [-0.1, -0.05) is 42.5 Å². The van der Waals surface area contributed by atoms with Crippen molar-refractivity contribution in [3.05, 3.63) is 76.9 Å². The van der Waals surface area contributed by atoms with Crippen LogP contribution in [0.25, 0.3) is 10.8 Å². The van der Waals surface area contributed by atoms with Crippen LogP contribution >= 0.6 is 0 Å². The molecular weight excluding hydrogens is 334 g/mol. The second kappa shape index (κ2) is 6.80. The van der Waals surface area contributed by atoms with Gasteiger partial charge in [0, 0.05) is 49.4 Å². The molecule has 0 aromatic heterocycles. The first-order valence-corrected chi connectivity index (χ1v) is 9.65. The Labute approximate surface area is 159 Å². The summed E-state index contributed by atoms with van der Waals surface area (Å²) in [5.41, 5.74) is 5.66. The molecule has 2 heterocycles. The fourth-order valence-corrected chi connectivity index (χ4v) is 4.21. The molecule has 2 aliphatic rings. The molecule has 2 N–H and O–H groups in total. The molecule has 0 atom stereocenters. The van der Waals surface area contributed by atoms with Crippen LogP contribution in [0.4, 0.5) is 5.69 Å². The van der Waals surface area contributed by atoms with Gasteiger partial charge in [-0.2, -0.15) is 0 Å². The summed E-state index contributed by atoms with van der Waals surface area (Å²) in [5.74, 6) is 0.00464. The van der Waals surface area contributed by atoms with Crippen molar-refractivity contribution in [2.75, 3.05) is 31.5 Å². The maximum absolute atomic E-state index is 12.1. The first-order chi connectivity index (χ1) is 13.3. The molecule has 3 aromatic carbocycles. The van der Waals surface area contributed by atoms with Crippen LogP contribution in [0.2, 0.25) is 0 Å². The van der Waals surface area contributed by atoms with Gasteiger partial charge in [0.1, 0.15) is 0 Å². The average molecular weight is 357 g/mol. The van der Waals surface area contributed by atoms with Gasteiger partial charge in [0.2, 0.25) is 0 Å². The van der Waals surface area contributed by atoms with Gasteiger partial charge >= 0.3 is 0 Å². The van der Waals surface area contributed by atoms with E-state index in [4.69, 9.17) is 0 Å². The zero-order valence-corrected chi connectivity index (χ0v) is 15.3. The van der Waals surface area contributed by atoms with Gasteiger partial charge in [-0.15, -0.1) is 0 Å². The van der Waals surface area contributed by atoms with Crippen LogP contribution in [0.3, 0.4) is 0 Å². The molecule has 0 radical (unpaired) electrons. The molecule has 27 heavy (non-hydrogen) atoms. The van der Waals surface area contributed by atoms with Crippen molar-refractivity contribution >= 4 is 22.4 Å². The molecule has 5 rings (SSSR count). The molecule has 3 aromatic rings. The second-order valence-electron chi connectivity index (χ2n) is 7.47. The molecule has 4 heteroatoms. The van der Waals surface area contributed by atoms with Gasteiger partial charge in [0.15, 0.2) is 0 Å². The molecular formula is C23H23N3O. The Morgan fingerprint density at radius 3 is 2.48 bits per heavy atom. The summed E-state index contributed by atoms with van der Waals surface area (Å²) in [6.07, 6.45) is 0.877. The van der Waals surface area contributed by atoms with E-state index in [0.29, 0.717) is 0 Å². The van der Waals surface area contributed by atoms with Crippen molar-refractivity contribution in [2.45, 2.75) is 13.0 Å². The van der Waals surface area contributed by atoms with E-state index in [0.717, 1.165) is 55.8 Å². The first-order valence-electron chi connectivity index (χ1n) is 9.65. The van der Waals surface area contributed by atoms with Crippen molar-refractivity contribution in [1.82, 2.24) is 10.2 Å². The van der Waals surface area contributed by atoms with E-state index in [1.807, 2.05) is 18.2 Å². The van der Waals surface area contributed by atoms with E-state index in [9.17, 15) is 4.79 Å². The molecule has 136 valence electrons. The van der Waals surface area contributed by atoms with Crippen LogP contribution in [0, 0.1) is 0 Å². The van der Waals surface area contributed by atoms with E-state index in [2.05, 4.69) is 51.9 Å². The molecule has 0 aliphatic carbocycles. The predicted octanol–water partition coefficient (Wildman–Crippen LogP) is 3.40. The maximum atomic E-state index is 12.1. The average Bonchev–Trinajstić information content (AvgIpc) is 3.04. The number of anilines is 1. The lowest BCUT2D eigenvalue weighted by molar-refractivity contribution is 0.103. The van der Waals surface area contributed by atoms with E-state index >= 15 is 0 Å². The SMILES string of the molecule is O=C1Nc2ccc(Cc3ccc(CN4CCNCC4)cc3)c3cccc1c23. The molecule has 0 unspecified atom stereocenters. The van der Waals surface area contributed by atoms with E-state index < -0.39 is 0 Å². The van der Waals surface area contributed by atoms with Crippen LogP contribution < -0.4 is 10.6 Å². The molecule has 1 saturated heterocycles. The van der Waals surface area contributed by atoms with Gasteiger partial charge in [-0.3, -0.25) is 9.69 Å². The van der Waals surface area contributed by atoms with Crippen LogP contribution in [-0.4, -0.2) is 37.0 Å². The summed E-state index contributed by atoms with van der Waals surface area (Å²) in [7, 11) is 0. The second-order valence-corrected chi connectivity index (χ2v) is 7.47. The third kappa shape index (κ3) is 3.11. The van der Waals surface area contributed by atoms with E-state index in [-0.39, 0.29) is 5.91 Å². The summed E-state index contributed by atoms with van der Waals surface area (Å²) in [5, 5.41) is 8.60. The van der Waals surface area contributed by atoms with Crippen LogP contribution in [0.1, 0.15) is 27.0 Å². The van der Waals surface area contributed by atoms with Crippen molar-refractivity contribution in [1.29, 1.82) is 0 Å². The number of amides is 1. The summed E-state index contributed by atoms with van der Waals surface area (Å²) in [6.45, 7) is 5.43. The van der Waals surface area contributed by atoms with Gasteiger partial charge in [-0.25, -0.2) is 0 Å². The quantitative estimate of drug-likeness (QED) is 0.752. The number of carbonyl (C=O) groups excluding carboxylic acids is 1. The Morgan fingerprint density at radius 2 is 1.67 bits per heavy atom. The predicted molar refractivity (Wildman–Crippen MR) is 109 cm³/mol. The topological polar surface area (TPSA) is 44.4 Å².